The van der Waals surface area contributed by atoms with Gasteiger partial charge in [0.2, 0.25) is 0 Å². The molecule has 0 amide bonds. The van der Waals surface area contributed by atoms with Crippen molar-refractivity contribution in [3.05, 3.63) is 83.9 Å². The highest BCUT2D eigenvalue weighted by Gasteiger charge is 2.50. The molecule has 7 heteroatoms. The van der Waals surface area contributed by atoms with Gasteiger partial charge in [0.1, 0.15) is 13.2 Å². The summed E-state index contributed by atoms with van der Waals surface area (Å²) in [6, 6.07) is 18.3. The highest BCUT2D eigenvalue weighted by atomic mass is 16.5. The van der Waals surface area contributed by atoms with Gasteiger partial charge in [-0.1, -0.05) is 66.7 Å². The number of aliphatic hydroxyl groups is 1. The van der Waals surface area contributed by atoms with Crippen LogP contribution in [0.15, 0.2) is 72.8 Å². The molecule has 33 heavy (non-hydrogen) atoms. The lowest BCUT2D eigenvalue weighted by Crippen LogP contribution is -2.32. The van der Waals surface area contributed by atoms with Gasteiger partial charge in [-0.2, -0.15) is 0 Å². The highest BCUT2D eigenvalue weighted by Crippen LogP contribution is 2.40. The van der Waals surface area contributed by atoms with Gasteiger partial charge < -0.3 is 19.3 Å². The smallest absolute Gasteiger partial charge is 0.330 e. The van der Waals surface area contributed by atoms with E-state index in [9.17, 15) is 19.5 Å². The van der Waals surface area contributed by atoms with Crippen molar-refractivity contribution >= 4 is 17.9 Å². The first-order chi connectivity index (χ1) is 16.0. The van der Waals surface area contributed by atoms with Crippen LogP contribution in [0.4, 0.5) is 0 Å². The summed E-state index contributed by atoms with van der Waals surface area (Å²) in [5, 5.41) is 10.6. The number of rotatable bonds is 9. The van der Waals surface area contributed by atoms with Crippen LogP contribution in [-0.2, 0) is 41.8 Å². The SMILES string of the molecule is CCOC(=O)/C=C/[C@H]1[C@H](C(=O)OCc2ccccc2)[C@H](C(=O)OCc2ccccc2)C[C@@H]1O. The second-order valence-corrected chi connectivity index (χ2v) is 7.81. The summed E-state index contributed by atoms with van der Waals surface area (Å²) >= 11 is 0. The standard InChI is InChI=1S/C26H28O7/c1-2-31-23(28)14-13-20-22(27)15-21(25(29)32-16-18-9-5-3-6-10-18)24(20)26(30)33-17-19-11-7-4-8-12-19/h3-14,20-22,24,27H,2,15-17H2,1H3/b14-13+/t20-,21-,22+,24+/m1/s1. The number of ether oxygens (including phenoxy) is 3. The van der Waals surface area contributed by atoms with Crippen LogP contribution < -0.4 is 0 Å². The molecule has 0 heterocycles. The van der Waals surface area contributed by atoms with Gasteiger partial charge in [0.25, 0.3) is 0 Å². The first-order valence-corrected chi connectivity index (χ1v) is 10.9. The summed E-state index contributed by atoms with van der Waals surface area (Å²) in [4.78, 5) is 37.7. The van der Waals surface area contributed by atoms with Crippen LogP contribution in [0.2, 0.25) is 0 Å². The molecule has 2 aromatic carbocycles. The van der Waals surface area contributed by atoms with Crippen LogP contribution in [0.3, 0.4) is 0 Å². The van der Waals surface area contributed by atoms with Crippen molar-refractivity contribution < 1.29 is 33.7 Å². The normalized spacial score (nSPS) is 22.1. The third-order valence-electron chi connectivity index (χ3n) is 5.55. The quantitative estimate of drug-likeness (QED) is 0.354. The first-order valence-electron chi connectivity index (χ1n) is 10.9. The number of benzene rings is 2. The van der Waals surface area contributed by atoms with Crippen molar-refractivity contribution in [1.29, 1.82) is 0 Å². The van der Waals surface area contributed by atoms with Crippen molar-refractivity contribution in [3.63, 3.8) is 0 Å². The molecule has 0 bridgehead atoms. The van der Waals surface area contributed by atoms with E-state index in [1.54, 1.807) is 6.92 Å². The summed E-state index contributed by atoms with van der Waals surface area (Å²) < 4.78 is 15.8. The van der Waals surface area contributed by atoms with Gasteiger partial charge >= 0.3 is 17.9 Å². The van der Waals surface area contributed by atoms with Crippen LogP contribution >= 0.6 is 0 Å². The molecule has 1 fully saturated rings. The summed E-state index contributed by atoms with van der Waals surface area (Å²) in [7, 11) is 0. The van der Waals surface area contributed by atoms with Crippen molar-refractivity contribution in [2.75, 3.05) is 6.61 Å². The molecule has 1 aliphatic rings. The van der Waals surface area contributed by atoms with Crippen molar-refractivity contribution in [2.45, 2.75) is 32.7 Å². The van der Waals surface area contributed by atoms with E-state index in [1.807, 2.05) is 60.7 Å². The fraction of sp³-hybridized carbons (Fsp3) is 0.346. The van der Waals surface area contributed by atoms with Crippen LogP contribution in [0.1, 0.15) is 24.5 Å². The van der Waals surface area contributed by atoms with Crippen molar-refractivity contribution in [3.8, 4) is 0 Å². The molecule has 4 atom stereocenters. The second kappa shape index (κ2) is 12.0. The Labute approximate surface area is 193 Å². The molecule has 0 aromatic heterocycles. The Bertz CT molecular complexity index is 955. The van der Waals surface area contributed by atoms with Gasteiger partial charge in [-0.25, -0.2) is 4.79 Å². The Kier molecular flexibility index (Phi) is 8.78. The summed E-state index contributed by atoms with van der Waals surface area (Å²) in [5.74, 6) is -4.48. The molecule has 0 aliphatic heterocycles. The lowest BCUT2D eigenvalue weighted by Gasteiger charge is -2.21. The number of carbonyl (C=O) groups is 3. The predicted molar refractivity (Wildman–Crippen MR) is 119 cm³/mol. The van der Waals surface area contributed by atoms with E-state index >= 15 is 0 Å². The topological polar surface area (TPSA) is 99.1 Å². The van der Waals surface area contributed by atoms with Gasteiger partial charge in [-0.15, -0.1) is 0 Å². The Morgan fingerprint density at radius 1 is 0.879 bits per heavy atom. The monoisotopic (exact) mass is 452 g/mol. The van der Waals surface area contributed by atoms with E-state index in [2.05, 4.69) is 0 Å². The molecule has 0 spiro atoms. The number of hydrogen-bond donors (Lipinski definition) is 1. The zero-order valence-corrected chi connectivity index (χ0v) is 18.5. The van der Waals surface area contributed by atoms with Crippen molar-refractivity contribution in [2.24, 2.45) is 17.8 Å². The molecule has 0 unspecified atom stereocenters. The summed E-state index contributed by atoms with van der Waals surface area (Å²) in [6.45, 7) is 1.97. The Morgan fingerprint density at radius 2 is 1.42 bits per heavy atom. The zero-order chi connectivity index (χ0) is 23.6. The molecule has 0 saturated heterocycles. The van der Waals surface area contributed by atoms with Gasteiger partial charge in [-0.05, 0) is 24.5 Å². The minimum atomic E-state index is -1.01. The maximum absolute atomic E-state index is 13.0. The van der Waals surface area contributed by atoms with E-state index in [0.29, 0.717) is 0 Å². The third kappa shape index (κ3) is 6.76. The Balaban J connectivity index is 1.75. The molecule has 0 radical (unpaired) electrons. The van der Waals surface area contributed by atoms with E-state index < -0.39 is 41.8 Å². The molecule has 1 saturated carbocycles. The number of aliphatic hydroxyl groups excluding tert-OH is 1. The second-order valence-electron chi connectivity index (χ2n) is 7.81. The van der Waals surface area contributed by atoms with Crippen molar-refractivity contribution in [1.82, 2.24) is 0 Å². The molecule has 3 rings (SSSR count). The number of esters is 3. The minimum absolute atomic E-state index is 0.0244. The van der Waals surface area contributed by atoms with Gasteiger partial charge in [-0.3, -0.25) is 9.59 Å². The average Bonchev–Trinajstić information content (AvgIpc) is 3.17. The van der Waals surface area contributed by atoms with Gasteiger partial charge in [0, 0.05) is 12.0 Å². The van der Waals surface area contributed by atoms with E-state index in [4.69, 9.17) is 14.2 Å². The van der Waals surface area contributed by atoms with E-state index in [-0.39, 0.29) is 26.2 Å². The number of carbonyl (C=O) groups excluding carboxylic acids is 3. The molecule has 1 aliphatic carbocycles. The van der Waals surface area contributed by atoms with Crippen LogP contribution in [-0.4, -0.2) is 35.7 Å². The molecule has 2 aromatic rings. The maximum atomic E-state index is 13.0. The average molecular weight is 453 g/mol. The van der Waals surface area contributed by atoms with Crippen LogP contribution in [0.5, 0.6) is 0 Å². The minimum Gasteiger partial charge on any atom is -0.463 e. The summed E-state index contributed by atoms with van der Waals surface area (Å²) in [5.41, 5.74) is 1.61. The van der Waals surface area contributed by atoms with E-state index in [0.717, 1.165) is 11.1 Å². The van der Waals surface area contributed by atoms with Gasteiger partial charge in [0.15, 0.2) is 0 Å². The maximum Gasteiger partial charge on any atom is 0.330 e. The lowest BCUT2D eigenvalue weighted by atomic mass is 9.88. The molecular formula is C26H28O7. The highest BCUT2D eigenvalue weighted by molar-refractivity contribution is 5.85. The van der Waals surface area contributed by atoms with Crippen LogP contribution in [0, 0.1) is 17.8 Å². The third-order valence-corrected chi connectivity index (χ3v) is 5.55. The zero-order valence-electron chi connectivity index (χ0n) is 18.5. The molecular weight excluding hydrogens is 424 g/mol. The fourth-order valence-electron chi connectivity index (χ4n) is 3.92. The predicted octanol–water partition coefficient (Wildman–Crippen LogP) is 3.21. The van der Waals surface area contributed by atoms with Gasteiger partial charge in [0.05, 0.1) is 24.5 Å². The molecule has 174 valence electrons. The summed E-state index contributed by atoms with van der Waals surface area (Å²) in [6.07, 6.45) is 1.60. The number of hydrogen-bond acceptors (Lipinski definition) is 7. The largest absolute Gasteiger partial charge is 0.463 e. The first kappa shape index (κ1) is 24.2. The molecule has 1 N–H and O–H groups in total. The van der Waals surface area contributed by atoms with Crippen LogP contribution in [0.25, 0.3) is 0 Å². The van der Waals surface area contributed by atoms with E-state index in [1.165, 1.54) is 12.2 Å². The molecule has 7 nitrogen and oxygen atoms in total. The Morgan fingerprint density at radius 3 is 1.97 bits per heavy atom. The Hall–Kier alpha value is -3.45. The fourth-order valence-corrected chi connectivity index (χ4v) is 3.92. The lowest BCUT2D eigenvalue weighted by molar-refractivity contribution is -0.161.